The van der Waals surface area contributed by atoms with Crippen molar-refractivity contribution in [1.29, 1.82) is 0 Å². The molecule has 1 aromatic rings. The Morgan fingerprint density at radius 1 is 1.52 bits per heavy atom. The molecule has 7 nitrogen and oxygen atoms in total. The zero-order valence-electron chi connectivity index (χ0n) is 12.8. The summed E-state index contributed by atoms with van der Waals surface area (Å²) in [5.74, 6) is 0.272. The summed E-state index contributed by atoms with van der Waals surface area (Å²) < 4.78 is 32.4. The van der Waals surface area contributed by atoms with Crippen molar-refractivity contribution < 1.29 is 13.2 Å². The van der Waals surface area contributed by atoms with E-state index in [1.54, 1.807) is 18.3 Å². The second-order valence-corrected chi connectivity index (χ2v) is 7.25. The van der Waals surface area contributed by atoms with Gasteiger partial charge in [-0.15, -0.1) is 0 Å². The number of nitrogens with one attached hydrogen (secondary N) is 2. The first-order chi connectivity index (χ1) is 10.0. The van der Waals surface area contributed by atoms with E-state index in [1.165, 1.54) is 0 Å². The average molecular weight is 316 g/mol. The van der Waals surface area contributed by atoms with Crippen LogP contribution in [0.15, 0.2) is 4.90 Å². The minimum Gasteiger partial charge on any atom is -0.384 e. The molecule has 1 aliphatic heterocycles. The first kappa shape index (κ1) is 16.4. The Kier molecular flexibility index (Phi) is 5.37. The Hall–Kier alpha value is -0.960. The fourth-order valence-corrected chi connectivity index (χ4v) is 4.55. The zero-order valence-corrected chi connectivity index (χ0v) is 13.7. The lowest BCUT2D eigenvalue weighted by Crippen LogP contribution is -2.31. The summed E-state index contributed by atoms with van der Waals surface area (Å²) in [5.41, 5.74) is 1.16. The van der Waals surface area contributed by atoms with Gasteiger partial charge in [0.25, 0.3) is 0 Å². The predicted octanol–water partition coefficient (Wildman–Crippen LogP) is 0.485. The van der Waals surface area contributed by atoms with Crippen LogP contribution >= 0.6 is 0 Å². The van der Waals surface area contributed by atoms with Crippen molar-refractivity contribution in [2.24, 2.45) is 5.92 Å². The van der Waals surface area contributed by atoms with E-state index in [0.717, 1.165) is 13.0 Å². The Bertz CT molecular complexity index is 570. The van der Waals surface area contributed by atoms with Gasteiger partial charge in [-0.3, -0.25) is 5.10 Å². The molecule has 1 aromatic heterocycles. The lowest BCUT2D eigenvalue weighted by Gasteiger charge is -2.17. The molecule has 2 N–H and O–H groups in total. The van der Waals surface area contributed by atoms with Crippen molar-refractivity contribution in [3.05, 3.63) is 11.4 Å². The number of aromatic amines is 1. The van der Waals surface area contributed by atoms with Crippen molar-refractivity contribution in [3.63, 3.8) is 0 Å². The maximum atomic E-state index is 12.8. The van der Waals surface area contributed by atoms with Gasteiger partial charge in [-0.25, -0.2) is 8.42 Å². The summed E-state index contributed by atoms with van der Waals surface area (Å²) in [6.07, 6.45) is 0.840. The van der Waals surface area contributed by atoms with Gasteiger partial charge < -0.3 is 10.1 Å². The molecular formula is C13H24N4O3S. The van der Waals surface area contributed by atoms with E-state index < -0.39 is 10.0 Å². The Morgan fingerprint density at radius 2 is 2.29 bits per heavy atom. The van der Waals surface area contributed by atoms with Crippen LogP contribution in [0.25, 0.3) is 0 Å². The van der Waals surface area contributed by atoms with Crippen LogP contribution in [0.4, 0.5) is 0 Å². The van der Waals surface area contributed by atoms with E-state index in [4.69, 9.17) is 4.74 Å². The van der Waals surface area contributed by atoms with E-state index in [2.05, 4.69) is 15.5 Å². The van der Waals surface area contributed by atoms with Crippen LogP contribution in [0.1, 0.15) is 24.7 Å². The Balaban J connectivity index is 2.22. The summed E-state index contributed by atoms with van der Waals surface area (Å²) >= 11 is 0. The van der Waals surface area contributed by atoms with E-state index in [9.17, 15) is 8.42 Å². The SMILES string of the molecule is CCNCc1n[nH]c(C)c1S(=O)(=O)N1CCC(COC)C1. The fraction of sp³-hybridized carbons (Fsp3) is 0.769. The van der Waals surface area contributed by atoms with Crippen LogP contribution in [-0.4, -0.2) is 56.3 Å². The summed E-state index contributed by atoms with van der Waals surface area (Å²) in [7, 11) is -1.85. The van der Waals surface area contributed by atoms with Gasteiger partial charge in [0.15, 0.2) is 0 Å². The van der Waals surface area contributed by atoms with Crippen molar-refractivity contribution in [2.75, 3.05) is 33.4 Å². The second-order valence-electron chi connectivity index (χ2n) is 5.38. The fourth-order valence-electron chi connectivity index (χ4n) is 2.69. The third-order valence-electron chi connectivity index (χ3n) is 3.75. The maximum Gasteiger partial charge on any atom is 0.246 e. The average Bonchev–Trinajstić information content (AvgIpc) is 3.04. The highest BCUT2D eigenvalue weighted by molar-refractivity contribution is 7.89. The number of aryl methyl sites for hydroxylation is 1. The molecule has 1 fully saturated rings. The lowest BCUT2D eigenvalue weighted by molar-refractivity contribution is 0.157. The van der Waals surface area contributed by atoms with Crippen LogP contribution in [-0.2, 0) is 21.3 Å². The number of methoxy groups -OCH3 is 1. The highest BCUT2D eigenvalue weighted by Crippen LogP contribution is 2.27. The monoisotopic (exact) mass is 316 g/mol. The van der Waals surface area contributed by atoms with Gasteiger partial charge in [0.1, 0.15) is 4.90 Å². The van der Waals surface area contributed by atoms with E-state index in [1.807, 2.05) is 6.92 Å². The standard InChI is InChI=1S/C13H24N4O3S/c1-4-14-7-12-13(10(2)15-16-12)21(18,19)17-6-5-11(8-17)9-20-3/h11,14H,4-9H2,1-3H3,(H,15,16). The molecule has 0 spiro atoms. The molecule has 21 heavy (non-hydrogen) atoms. The second kappa shape index (κ2) is 6.87. The highest BCUT2D eigenvalue weighted by atomic mass is 32.2. The van der Waals surface area contributed by atoms with Crippen molar-refractivity contribution in [3.8, 4) is 0 Å². The molecule has 0 aromatic carbocycles. The van der Waals surface area contributed by atoms with Crippen molar-refractivity contribution in [2.45, 2.75) is 31.7 Å². The smallest absolute Gasteiger partial charge is 0.246 e. The van der Waals surface area contributed by atoms with Gasteiger partial charge in [0.05, 0.1) is 18.0 Å². The van der Waals surface area contributed by atoms with E-state index in [-0.39, 0.29) is 5.92 Å². The zero-order chi connectivity index (χ0) is 15.5. The van der Waals surface area contributed by atoms with Crippen molar-refractivity contribution >= 4 is 10.0 Å². The summed E-state index contributed by atoms with van der Waals surface area (Å²) in [6, 6.07) is 0. The molecule has 1 atom stereocenters. The summed E-state index contributed by atoms with van der Waals surface area (Å²) in [6.45, 7) is 6.60. The molecule has 0 radical (unpaired) electrons. The third-order valence-corrected chi connectivity index (χ3v) is 5.82. The quantitative estimate of drug-likeness (QED) is 0.764. The van der Waals surface area contributed by atoms with Gasteiger partial charge in [-0.05, 0) is 25.8 Å². The molecule has 0 bridgehead atoms. The molecule has 1 aliphatic rings. The molecule has 120 valence electrons. The van der Waals surface area contributed by atoms with Gasteiger partial charge in [-0.2, -0.15) is 9.40 Å². The molecule has 0 saturated carbocycles. The Morgan fingerprint density at radius 3 is 2.95 bits per heavy atom. The number of ether oxygens (including phenoxy) is 1. The number of aromatic nitrogens is 2. The van der Waals surface area contributed by atoms with Gasteiger partial charge in [0, 0.05) is 26.7 Å². The minimum atomic E-state index is -3.49. The van der Waals surface area contributed by atoms with Gasteiger partial charge in [-0.1, -0.05) is 6.92 Å². The van der Waals surface area contributed by atoms with E-state index in [0.29, 0.717) is 42.5 Å². The largest absolute Gasteiger partial charge is 0.384 e. The number of nitrogens with zero attached hydrogens (tertiary/aromatic N) is 2. The molecule has 0 aliphatic carbocycles. The topological polar surface area (TPSA) is 87.3 Å². The third kappa shape index (κ3) is 3.45. The summed E-state index contributed by atoms with van der Waals surface area (Å²) in [5, 5.41) is 10.0. The maximum absolute atomic E-state index is 12.8. The van der Waals surface area contributed by atoms with Crippen LogP contribution in [0, 0.1) is 12.8 Å². The Labute approximate surface area is 126 Å². The van der Waals surface area contributed by atoms with Crippen LogP contribution < -0.4 is 5.32 Å². The molecule has 0 amide bonds. The number of hydrogen-bond donors (Lipinski definition) is 2. The molecule has 8 heteroatoms. The molecule has 2 rings (SSSR count). The molecular weight excluding hydrogens is 292 g/mol. The number of rotatable bonds is 7. The van der Waals surface area contributed by atoms with Crippen molar-refractivity contribution in [1.82, 2.24) is 19.8 Å². The van der Waals surface area contributed by atoms with Gasteiger partial charge >= 0.3 is 0 Å². The van der Waals surface area contributed by atoms with Crippen LogP contribution in [0.5, 0.6) is 0 Å². The number of sulfonamides is 1. The minimum absolute atomic E-state index is 0.272. The predicted molar refractivity (Wildman–Crippen MR) is 79.4 cm³/mol. The van der Waals surface area contributed by atoms with Crippen LogP contribution in [0.3, 0.4) is 0 Å². The van der Waals surface area contributed by atoms with Crippen LogP contribution in [0.2, 0.25) is 0 Å². The normalized spacial score (nSPS) is 20.2. The highest BCUT2D eigenvalue weighted by Gasteiger charge is 2.35. The lowest BCUT2D eigenvalue weighted by atomic mass is 10.1. The first-order valence-electron chi connectivity index (χ1n) is 7.24. The number of H-pyrrole nitrogens is 1. The molecule has 1 unspecified atom stereocenters. The van der Waals surface area contributed by atoms with E-state index >= 15 is 0 Å². The first-order valence-corrected chi connectivity index (χ1v) is 8.68. The molecule has 2 heterocycles. The summed E-state index contributed by atoms with van der Waals surface area (Å²) in [4.78, 5) is 0.321. The number of hydrogen-bond acceptors (Lipinski definition) is 5. The van der Waals surface area contributed by atoms with Gasteiger partial charge in [0.2, 0.25) is 10.0 Å². The molecule has 1 saturated heterocycles.